The van der Waals surface area contributed by atoms with Crippen molar-refractivity contribution in [3.05, 3.63) is 65.7 Å². The van der Waals surface area contributed by atoms with Gasteiger partial charge in [0, 0.05) is 0 Å². The predicted molar refractivity (Wildman–Crippen MR) is 86.9 cm³/mol. The van der Waals surface area contributed by atoms with Crippen LogP contribution in [0.25, 0.3) is 0 Å². The van der Waals surface area contributed by atoms with Crippen molar-refractivity contribution in [2.45, 2.75) is 32.8 Å². The van der Waals surface area contributed by atoms with E-state index in [1.54, 1.807) is 0 Å². The number of benzene rings is 2. The van der Waals surface area contributed by atoms with Crippen molar-refractivity contribution in [1.29, 1.82) is 0 Å². The van der Waals surface area contributed by atoms with E-state index in [0.29, 0.717) is 5.75 Å². The van der Waals surface area contributed by atoms with Crippen LogP contribution in [0.4, 0.5) is 0 Å². The van der Waals surface area contributed by atoms with Crippen LogP contribution in [0, 0.1) is 0 Å². The van der Waals surface area contributed by atoms with Gasteiger partial charge in [-0.1, -0.05) is 63.2 Å². The van der Waals surface area contributed by atoms with E-state index < -0.39 is 0 Å². The highest BCUT2D eigenvalue weighted by Gasteiger charge is 2.13. The lowest BCUT2D eigenvalue weighted by atomic mass is 9.87. The standard InChI is InChI=1S/C19H22O3/c1-19(2,3)16-9-11-17(12-10-16)21-14-18(20)22-13-15-7-5-4-6-8-15/h4-12H,13-14H2,1-3H3. The molecular weight excluding hydrogens is 276 g/mol. The highest BCUT2D eigenvalue weighted by Crippen LogP contribution is 2.24. The van der Waals surface area contributed by atoms with Crippen LogP contribution in [0.1, 0.15) is 31.9 Å². The summed E-state index contributed by atoms with van der Waals surface area (Å²) in [5.41, 5.74) is 2.30. The molecule has 0 heterocycles. The molecule has 0 N–H and O–H groups in total. The van der Waals surface area contributed by atoms with E-state index >= 15 is 0 Å². The van der Waals surface area contributed by atoms with Crippen molar-refractivity contribution in [3.8, 4) is 5.75 Å². The van der Waals surface area contributed by atoms with Crippen LogP contribution in [-0.2, 0) is 21.6 Å². The predicted octanol–water partition coefficient (Wildman–Crippen LogP) is 4.11. The third-order valence-corrected chi connectivity index (χ3v) is 3.32. The van der Waals surface area contributed by atoms with Gasteiger partial charge in [0.25, 0.3) is 0 Å². The molecule has 0 unspecified atom stereocenters. The van der Waals surface area contributed by atoms with Gasteiger partial charge >= 0.3 is 5.97 Å². The molecule has 0 bridgehead atoms. The first-order valence-corrected chi connectivity index (χ1v) is 7.38. The fourth-order valence-electron chi connectivity index (χ4n) is 1.97. The van der Waals surface area contributed by atoms with E-state index in [1.807, 2.05) is 54.6 Å². The Kier molecular flexibility index (Phi) is 5.21. The molecule has 0 amide bonds. The summed E-state index contributed by atoms with van der Waals surface area (Å²) >= 11 is 0. The normalized spacial score (nSPS) is 11.0. The van der Waals surface area contributed by atoms with Gasteiger partial charge in [0.15, 0.2) is 6.61 Å². The van der Waals surface area contributed by atoms with Gasteiger partial charge in [0.05, 0.1) is 0 Å². The van der Waals surface area contributed by atoms with Crippen LogP contribution in [0.2, 0.25) is 0 Å². The summed E-state index contributed by atoms with van der Waals surface area (Å²) in [7, 11) is 0. The largest absolute Gasteiger partial charge is 0.482 e. The second-order valence-electron chi connectivity index (χ2n) is 6.21. The molecule has 0 aromatic heterocycles. The Balaban J connectivity index is 1.79. The Hall–Kier alpha value is -2.29. The number of hydrogen-bond donors (Lipinski definition) is 0. The minimum atomic E-state index is -0.372. The molecule has 0 radical (unpaired) electrons. The van der Waals surface area contributed by atoms with Gasteiger partial charge in [-0.3, -0.25) is 0 Å². The number of carbonyl (C=O) groups excluding carboxylic acids is 1. The second-order valence-corrected chi connectivity index (χ2v) is 6.21. The van der Waals surface area contributed by atoms with E-state index in [-0.39, 0.29) is 24.6 Å². The van der Waals surface area contributed by atoms with Gasteiger partial charge in [-0.2, -0.15) is 0 Å². The zero-order valence-corrected chi connectivity index (χ0v) is 13.3. The minimum absolute atomic E-state index is 0.0816. The first kappa shape index (κ1) is 16.1. The third-order valence-electron chi connectivity index (χ3n) is 3.32. The summed E-state index contributed by atoms with van der Waals surface area (Å²) in [5.74, 6) is 0.299. The molecule has 0 atom stereocenters. The van der Waals surface area contributed by atoms with E-state index in [2.05, 4.69) is 20.8 Å². The monoisotopic (exact) mass is 298 g/mol. The summed E-state index contributed by atoms with van der Waals surface area (Å²) in [6.45, 7) is 6.66. The fourth-order valence-corrected chi connectivity index (χ4v) is 1.97. The van der Waals surface area contributed by atoms with E-state index in [1.165, 1.54) is 5.56 Å². The highest BCUT2D eigenvalue weighted by molar-refractivity contribution is 5.71. The van der Waals surface area contributed by atoms with Crippen molar-refractivity contribution >= 4 is 5.97 Å². The molecule has 0 saturated heterocycles. The van der Waals surface area contributed by atoms with Crippen LogP contribution < -0.4 is 4.74 Å². The van der Waals surface area contributed by atoms with E-state index in [0.717, 1.165) is 5.56 Å². The van der Waals surface area contributed by atoms with Crippen molar-refractivity contribution < 1.29 is 14.3 Å². The van der Waals surface area contributed by atoms with Gasteiger partial charge in [-0.15, -0.1) is 0 Å². The van der Waals surface area contributed by atoms with Crippen molar-refractivity contribution in [2.75, 3.05) is 6.61 Å². The Morgan fingerprint density at radius 3 is 2.18 bits per heavy atom. The van der Waals surface area contributed by atoms with Crippen LogP contribution in [0.3, 0.4) is 0 Å². The SMILES string of the molecule is CC(C)(C)c1ccc(OCC(=O)OCc2ccccc2)cc1. The lowest BCUT2D eigenvalue weighted by Crippen LogP contribution is -2.15. The molecule has 0 aliphatic rings. The lowest BCUT2D eigenvalue weighted by molar-refractivity contribution is -0.147. The van der Waals surface area contributed by atoms with Gasteiger partial charge in [0.1, 0.15) is 12.4 Å². The average molecular weight is 298 g/mol. The molecular formula is C19H22O3. The first-order valence-electron chi connectivity index (χ1n) is 7.38. The number of ether oxygens (including phenoxy) is 2. The van der Waals surface area contributed by atoms with Gasteiger partial charge in [0.2, 0.25) is 0 Å². The van der Waals surface area contributed by atoms with Crippen molar-refractivity contribution in [2.24, 2.45) is 0 Å². The van der Waals surface area contributed by atoms with Crippen LogP contribution in [0.15, 0.2) is 54.6 Å². The highest BCUT2D eigenvalue weighted by atomic mass is 16.6. The van der Waals surface area contributed by atoms with Gasteiger partial charge < -0.3 is 9.47 Å². The molecule has 3 nitrogen and oxygen atoms in total. The quantitative estimate of drug-likeness (QED) is 0.779. The van der Waals surface area contributed by atoms with E-state index in [4.69, 9.17) is 9.47 Å². The summed E-state index contributed by atoms with van der Waals surface area (Å²) in [6.07, 6.45) is 0. The maximum Gasteiger partial charge on any atom is 0.344 e. The Morgan fingerprint density at radius 2 is 1.59 bits per heavy atom. The maximum absolute atomic E-state index is 11.7. The molecule has 2 aromatic carbocycles. The molecule has 116 valence electrons. The first-order chi connectivity index (χ1) is 10.4. The molecule has 22 heavy (non-hydrogen) atoms. The molecule has 3 heteroatoms. The maximum atomic E-state index is 11.7. The number of esters is 1. The van der Waals surface area contributed by atoms with Crippen molar-refractivity contribution in [3.63, 3.8) is 0 Å². The van der Waals surface area contributed by atoms with Crippen LogP contribution in [-0.4, -0.2) is 12.6 Å². The fraction of sp³-hybridized carbons (Fsp3) is 0.316. The number of rotatable bonds is 5. The molecule has 0 fully saturated rings. The third kappa shape index (κ3) is 4.92. The minimum Gasteiger partial charge on any atom is -0.482 e. The number of hydrogen-bond acceptors (Lipinski definition) is 3. The van der Waals surface area contributed by atoms with Crippen LogP contribution in [0.5, 0.6) is 5.75 Å². The molecule has 0 aliphatic carbocycles. The van der Waals surface area contributed by atoms with Crippen LogP contribution >= 0.6 is 0 Å². The molecule has 0 saturated carbocycles. The smallest absolute Gasteiger partial charge is 0.344 e. The zero-order chi connectivity index (χ0) is 16.0. The number of carbonyl (C=O) groups is 1. The summed E-state index contributed by atoms with van der Waals surface area (Å²) < 4.78 is 10.6. The Morgan fingerprint density at radius 1 is 0.955 bits per heavy atom. The summed E-state index contributed by atoms with van der Waals surface area (Å²) in [5, 5.41) is 0. The molecule has 0 spiro atoms. The molecule has 2 rings (SSSR count). The molecule has 0 aliphatic heterocycles. The Labute approximate surface area is 131 Å². The second kappa shape index (κ2) is 7.12. The average Bonchev–Trinajstić information content (AvgIpc) is 2.51. The topological polar surface area (TPSA) is 35.5 Å². The summed E-state index contributed by atoms with van der Waals surface area (Å²) in [6, 6.07) is 17.4. The van der Waals surface area contributed by atoms with E-state index in [9.17, 15) is 4.79 Å². The Bertz CT molecular complexity index is 595. The lowest BCUT2D eigenvalue weighted by Gasteiger charge is -2.19. The zero-order valence-electron chi connectivity index (χ0n) is 13.3. The van der Waals surface area contributed by atoms with Gasteiger partial charge in [-0.25, -0.2) is 4.79 Å². The van der Waals surface area contributed by atoms with Crippen molar-refractivity contribution in [1.82, 2.24) is 0 Å². The summed E-state index contributed by atoms with van der Waals surface area (Å²) in [4.78, 5) is 11.7. The van der Waals surface area contributed by atoms with Gasteiger partial charge in [-0.05, 0) is 28.7 Å². The molecule has 2 aromatic rings.